The molecule has 0 unspecified atom stereocenters. The number of hydrogen-bond donors (Lipinski definition) is 2. The van der Waals surface area contributed by atoms with Crippen LogP contribution in [0.5, 0.6) is 0 Å². The monoisotopic (exact) mass is 306 g/mol. The summed E-state index contributed by atoms with van der Waals surface area (Å²) >= 11 is 3.25. The molecule has 5 nitrogen and oxygen atoms in total. The van der Waals surface area contributed by atoms with Crippen LogP contribution in [0.2, 0.25) is 0 Å². The summed E-state index contributed by atoms with van der Waals surface area (Å²) in [6.07, 6.45) is 0. The van der Waals surface area contributed by atoms with E-state index in [1.165, 1.54) is 0 Å². The Labute approximate surface area is 102 Å². The van der Waals surface area contributed by atoms with Gasteiger partial charge in [0.1, 0.15) is 0 Å². The zero-order chi connectivity index (χ0) is 12.2. The molecule has 0 fully saturated rings. The number of nitrogens with one attached hydrogen (secondary N) is 1. The zero-order valence-electron chi connectivity index (χ0n) is 8.31. The molecule has 1 aromatic carbocycles. The standard InChI is InChI=1S/C9H11BrN2O3S/c10-8-3-1-7(2-4-8)9(13)12-5-6-16(11,14)15/h1-4H,5-6H2,(H,12,13)(H2,11,14,15). The fourth-order valence-electron chi connectivity index (χ4n) is 1.01. The summed E-state index contributed by atoms with van der Waals surface area (Å²) in [6, 6.07) is 6.73. The van der Waals surface area contributed by atoms with Crippen molar-refractivity contribution < 1.29 is 13.2 Å². The molecule has 7 heteroatoms. The Morgan fingerprint density at radius 1 is 1.31 bits per heavy atom. The van der Waals surface area contributed by atoms with Crippen molar-refractivity contribution in [3.63, 3.8) is 0 Å². The second kappa shape index (κ2) is 5.42. The number of benzene rings is 1. The average molecular weight is 307 g/mol. The molecule has 0 atom stereocenters. The van der Waals surface area contributed by atoms with E-state index in [1.807, 2.05) is 0 Å². The Hall–Kier alpha value is -0.920. The van der Waals surface area contributed by atoms with Gasteiger partial charge in [-0.25, -0.2) is 13.6 Å². The van der Waals surface area contributed by atoms with Gasteiger partial charge in [0.15, 0.2) is 0 Å². The molecule has 0 saturated carbocycles. The minimum atomic E-state index is -3.53. The maximum atomic E-state index is 11.5. The minimum Gasteiger partial charge on any atom is -0.351 e. The molecule has 0 aliphatic carbocycles. The van der Waals surface area contributed by atoms with E-state index in [2.05, 4.69) is 21.2 Å². The summed E-state index contributed by atoms with van der Waals surface area (Å²) in [5.41, 5.74) is 0.470. The van der Waals surface area contributed by atoms with Gasteiger partial charge >= 0.3 is 0 Å². The number of primary sulfonamides is 1. The molecule has 1 aromatic rings. The van der Waals surface area contributed by atoms with Gasteiger partial charge in [-0.05, 0) is 24.3 Å². The molecule has 0 spiro atoms. The van der Waals surface area contributed by atoms with E-state index < -0.39 is 10.0 Å². The first-order chi connectivity index (χ1) is 7.38. The Morgan fingerprint density at radius 2 is 1.88 bits per heavy atom. The van der Waals surface area contributed by atoms with E-state index >= 15 is 0 Å². The molecule has 0 saturated heterocycles. The number of hydrogen-bond acceptors (Lipinski definition) is 3. The second-order valence-electron chi connectivity index (χ2n) is 3.13. The predicted molar refractivity (Wildman–Crippen MR) is 64.4 cm³/mol. The SMILES string of the molecule is NS(=O)(=O)CCNC(=O)c1ccc(Br)cc1. The third-order valence-electron chi connectivity index (χ3n) is 1.78. The highest BCUT2D eigenvalue weighted by atomic mass is 79.9. The van der Waals surface area contributed by atoms with Crippen molar-refractivity contribution >= 4 is 31.9 Å². The topological polar surface area (TPSA) is 89.3 Å². The molecule has 0 aromatic heterocycles. The van der Waals surface area contributed by atoms with Crippen LogP contribution in [0.3, 0.4) is 0 Å². The third kappa shape index (κ3) is 4.73. The van der Waals surface area contributed by atoms with Gasteiger partial charge in [0, 0.05) is 16.6 Å². The van der Waals surface area contributed by atoms with E-state index in [0.717, 1.165) is 4.47 Å². The van der Waals surface area contributed by atoms with E-state index in [4.69, 9.17) is 5.14 Å². The first-order valence-corrected chi connectivity index (χ1v) is 6.93. The van der Waals surface area contributed by atoms with Crippen molar-refractivity contribution in [1.29, 1.82) is 0 Å². The van der Waals surface area contributed by atoms with Crippen molar-refractivity contribution in [3.8, 4) is 0 Å². The lowest BCUT2D eigenvalue weighted by Crippen LogP contribution is -2.31. The van der Waals surface area contributed by atoms with Crippen LogP contribution in [-0.2, 0) is 10.0 Å². The lowest BCUT2D eigenvalue weighted by molar-refractivity contribution is 0.0956. The largest absolute Gasteiger partial charge is 0.351 e. The Kier molecular flexibility index (Phi) is 4.45. The molecule has 0 bridgehead atoms. The summed E-state index contributed by atoms with van der Waals surface area (Å²) in [5, 5.41) is 7.26. The van der Waals surface area contributed by atoms with Crippen molar-refractivity contribution in [2.45, 2.75) is 0 Å². The predicted octanol–water partition coefficient (Wildman–Crippen LogP) is 0.467. The molecule has 0 heterocycles. The summed E-state index contributed by atoms with van der Waals surface area (Å²) < 4.78 is 22.1. The van der Waals surface area contributed by atoms with Crippen molar-refractivity contribution in [3.05, 3.63) is 34.3 Å². The van der Waals surface area contributed by atoms with E-state index in [9.17, 15) is 13.2 Å². The van der Waals surface area contributed by atoms with Crippen LogP contribution in [-0.4, -0.2) is 26.6 Å². The number of nitrogens with two attached hydrogens (primary N) is 1. The number of halogens is 1. The van der Waals surface area contributed by atoms with Crippen LogP contribution >= 0.6 is 15.9 Å². The van der Waals surface area contributed by atoms with E-state index in [0.29, 0.717) is 5.56 Å². The molecule has 0 radical (unpaired) electrons. The summed E-state index contributed by atoms with van der Waals surface area (Å²) in [6.45, 7) is 0.00767. The van der Waals surface area contributed by atoms with Crippen molar-refractivity contribution in [2.24, 2.45) is 5.14 Å². The van der Waals surface area contributed by atoms with Crippen LogP contribution < -0.4 is 10.5 Å². The summed E-state index contributed by atoms with van der Waals surface area (Å²) in [7, 11) is -3.53. The second-order valence-corrected chi connectivity index (χ2v) is 5.78. The van der Waals surface area contributed by atoms with Gasteiger partial charge in [-0.1, -0.05) is 15.9 Å². The Bertz CT molecular complexity index is 470. The Morgan fingerprint density at radius 3 is 2.38 bits per heavy atom. The highest BCUT2D eigenvalue weighted by molar-refractivity contribution is 9.10. The van der Waals surface area contributed by atoms with Gasteiger partial charge in [-0.3, -0.25) is 4.79 Å². The van der Waals surface area contributed by atoms with Crippen LogP contribution in [0.25, 0.3) is 0 Å². The van der Waals surface area contributed by atoms with Gasteiger partial charge in [0.25, 0.3) is 5.91 Å². The maximum absolute atomic E-state index is 11.5. The lowest BCUT2D eigenvalue weighted by atomic mass is 10.2. The third-order valence-corrected chi connectivity index (χ3v) is 3.08. The molecule has 1 rings (SSSR count). The van der Waals surface area contributed by atoms with Gasteiger partial charge in [-0.15, -0.1) is 0 Å². The van der Waals surface area contributed by atoms with Gasteiger partial charge in [0.05, 0.1) is 5.75 Å². The fraction of sp³-hybridized carbons (Fsp3) is 0.222. The summed E-state index contributed by atoms with van der Waals surface area (Å²) in [5.74, 6) is -0.592. The molecule has 1 amide bonds. The smallest absolute Gasteiger partial charge is 0.251 e. The van der Waals surface area contributed by atoms with E-state index in [-0.39, 0.29) is 18.2 Å². The molecular formula is C9H11BrN2O3S. The summed E-state index contributed by atoms with van der Waals surface area (Å²) in [4.78, 5) is 11.5. The van der Waals surface area contributed by atoms with Crippen molar-refractivity contribution in [2.75, 3.05) is 12.3 Å². The molecule has 16 heavy (non-hydrogen) atoms. The quantitative estimate of drug-likeness (QED) is 0.847. The van der Waals surface area contributed by atoms with E-state index in [1.54, 1.807) is 24.3 Å². The van der Waals surface area contributed by atoms with Crippen LogP contribution in [0.1, 0.15) is 10.4 Å². The number of rotatable bonds is 4. The zero-order valence-corrected chi connectivity index (χ0v) is 10.7. The number of amides is 1. The highest BCUT2D eigenvalue weighted by Crippen LogP contribution is 2.10. The number of carbonyl (C=O) groups excluding carboxylic acids is 1. The molecule has 0 aliphatic heterocycles. The Balaban J connectivity index is 2.50. The fourth-order valence-corrected chi connectivity index (χ4v) is 1.66. The molecular weight excluding hydrogens is 296 g/mol. The first-order valence-electron chi connectivity index (χ1n) is 4.43. The highest BCUT2D eigenvalue weighted by Gasteiger charge is 2.07. The van der Waals surface area contributed by atoms with Crippen molar-refractivity contribution in [1.82, 2.24) is 5.32 Å². The number of carbonyl (C=O) groups is 1. The average Bonchev–Trinajstić information content (AvgIpc) is 2.16. The van der Waals surface area contributed by atoms with Gasteiger partial charge < -0.3 is 5.32 Å². The normalized spacial score (nSPS) is 11.1. The van der Waals surface area contributed by atoms with Crippen LogP contribution in [0.15, 0.2) is 28.7 Å². The first kappa shape index (κ1) is 13.1. The lowest BCUT2D eigenvalue weighted by Gasteiger charge is -2.04. The van der Waals surface area contributed by atoms with Gasteiger partial charge in [-0.2, -0.15) is 0 Å². The number of sulfonamides is 1. The molecule has 3 N–H and O–H groups in total. The molecule has 88 valence electrons. The van der Waals surface area contributed by atoms with Crippen LogP contribution in [0, 0.1) is 0 Å². The minimum absolute atomic E-state index is 0.00767. The maximum Gasteiger partial charge on any atom is 0.251 e. The van der Waals surface area contributed by atoms with Crippen LogP contribution in [0.4, 0.5) is 0 Å². The molecule has 0 aliphatic rings. The van der Waals surface area contributed by atoms with Gasteiger partial charge in [0.2, 0.25) is 10.0 Å².